The van der Waals surface area contributed by atoms with Gasteiger partial charge in [-0.2, -0.15) is 18.4 Å². The number of hydrogen-bond acceptors (Lipinski definition) is 3. The van der Waals surface area contributed by atoms with E-state index in [0.717, 1.165) is 0 Å². The van der Waals surface area contributed by atoms with E-state index in [1.807, 2.05) is 0 Å². The number of ether oxygens (including phenoxy) is 1. The Morgan fingerprint density at radius 2 is 1.76 bits per heavy atom. The third kappa shape index (κ3) is 4.06. The van der Waals surface area contributed by atoms with Gasteiger partial charge in [-0.05, 0) is 5.56 Å². The average Bonchev–Trinajstić information content (AvgIpc) is 2.28. The molecular weight excluding hydrogens is 233 g/mol. The van der Waals surface area contributed by atoms with Gasteiger partial charge in [0.2, 0.25) is 0 Å². The number of hydrogen-bond donors (Lipinski definition) is 1. The summed E-state index contributed by atoms with van der Waals surface area (Å²) in [7, 11) is 0. The van der Waals surface area contributed by atoms with Gasteiger partial charge >= 0.3 is 6.18 Å². The lowest BCUT2D eigenvalue weighted by Gasteiger charge is -2.22. The van der Waals surface area contributed by atoms with E-state index in [-0.39, 0.29) is 0 Å². The van der Waals surface area contributed by atoms with Crippen LogP contribution in [0.1, 0.15) is 5.56 Å². The number of alkyl halides is 3. The van der Waals surface area contributed by atoms with Crippen LogP contribution < -0.4 is 5.73 Å². The Morgan fingerprint density at radius 3 is 2.24 bits per heavy atom. The quantitative estimate of drug-likeness (QED) is 0.880. The van der Waals surface area contributed by atoms with Gasteiger partial charge in [-0.1, -0.05) is 30.3 Å². The highest BCUT2D eigenvalue weighted by Gasteiger charge is 2.32. The van der Waals surface area contributed by atoms with Crippen molar-refractivity contribution in [2.24, 2.45) is 5.73 Å². The largest absolute Gasteiger partial charge is 0.411 e. The molecule has 1 aromatic rings. The standard InChI is InChI=1S/C11H11F3N2O/c12-11(13,14)8-17-7-10(16,6-15)9-4-2-1-3-5-9/h1-5H,7-8,16H2. The van der Waals surface area contributed by atoms with Crippen LogP contribution in [0.25, 0.3) is 0 Å². The number of nitrogens with zero attached hydrogens (tertiary/aromatic N) is 1. The molecule has 2 N–H and O–H groups in total. The van der Waals surface area contributed by atoms with Crippen LogP contribution in [0, 0.1) is 11.3 Å². The molecule has 1 rings (SSSR count). The second kappa shape index (κ2) is 5.17. The first-order valence-electron chi connectivity index (χ1n) is 4.77. The minimum absolute atomic E-state index is 0.421. The van der Waals surface area contributed by atoms with Crippen LogP contribution >= 0.6 is 0 Å². The van der Waals surface area contributed by atoms with Crippen LogP contribution in [0.3, 0.4) is 0 Å². The predicted molar refractivity (Wildman–Crippen MR) is 54.8 cm³/mol. The number of halogens is 3. The van der Waals surface area contributed by atoms with Crippen molar-refractivity contribution in [1.29, 1.82) is 5.26 Å². The molecule has 0 amide bonds. The minimum Gasteiger partial charge on any atom is -0.369 e. The first-order valence-corrected chi connectivity index (χ1v) is 4.77. The lowest BCUT2D eigenvalue weighted by molar-refractivity contribution is -0.176. The normalized spacial score (nSPS) is 15.0. The molecule has 92 valence electrons. The molecule has 0 saturated carbocycles. The Hall–Kier alpha value is -1.58. The van der Waals surface area contributed by atoms with Gasteiger partial charge in [0.25, 0.3) is 0 Å². The highest BCUT2D eigenvalue weighted by atomic mass is 19.4. The van der Waals surface area contributed by atoms with Crippen molar-refractivity contribution in [2.75, 3.05) is 13.2 Å². The van der Waals surface area contributed by atoms with Crippen molar-refractivity contribution in [3.8, 4) is 6.07 Å². The third-order valence-corrected chi connectivity index (χ3v) is 2.08. The van der Waals surface area contributed by atoms with Gasteiger partial charge in [0, 0.05) is 0 Å². The van der Waals surface area contributed by atoms with Crippen LogP contribution in [0.4, 0.5) is 13.2 Å². The molecule has 0 saturated heterocycles. The molecule has 0 aromatic heterocycles. The Morgan fingerprint density at radius 1 is 1.18 bits per heavy atom. The maximum atomic E-state index is 11.9. The summed E-state index contributed by atoms with van der Waals surface area (Å²) < 4.78 is 40.1. The van der Waals surface area contributed by atoms with E-state index >= 15 is 0 Å². The summed E-state index contributed by atoms with van der Waals surface area (Å²) in [6, 6.07) is 9.93. The lowest BCUT2D eigenvalue weighted by atomic mass is 9.94. The minimum atomic E-state index is -4.42. The van der Waals surface area contributed by atoms with Crippen LogP contribution in [0.5, 0.6) is 0 Å². The molecule has 0 aliphatic carbocycles. The topological polar surface area (TPSA) is 59.0 Å². The first kappa shape index (κ1) is 13.5. The summed E-state index contributed by atoms with van der Waals surface area (Å²) in [5.41, 5.74) is 4.55. The van der Waals surface area contributed by atoms with Crippen molar-refractivity contribution in [3.05, 3.63) is 35.9 Å². The molecule has 0 fully saturated rings. The Labute approximate surface area is 96.6 Å². The number of benzene rings is 1. The fraction of sp³-hybridized carbons (Fsp3) is 0.364. The van der Waals surface area contributed by atoms with Gasteiger partial charge in [-0.3, -0.25) is 0 Å². The summed E-state index contributed by atoms with van der Waals surface area (Å²) in [6.45, 7) is -1.92. The van der Waals surface area contributed by atoms with Crippen LogP contribution in [-0.4, -0.2) is 19.4 Å². The second-order valence-corrected chi connectivity index (χ2v) is 3.56. The molecule has 1 atom stereocenters. The van der Waals surface area contributed by atoms with E-state index in [4.69, 9.17) is 11.0 Å². The smallest absolute Gasteiger partial charge is 0.369 e. The summed E-state index contributed by atoms with van der Waals surface area (Å²) in [5.74, 6) is 0. The van der Waals surface area contributed by atoms with Crippen molar-refractivity contribution in [1.82, 2.24) is 0 Å². The zero-order valence-corrected chi connectivity index (χ0v) is 8.87. The predicted octanol–water partition coefficient (Wildman–Crippen LogP) is 1.94. The van der Waals surface area contributed by atoms with E-state index in [0.29, 0.717) is 5.56 Å². The number of rotatable bonds is 4. The molecular formula is C11H11F3N2O. The molecule has 0 spiro atoms. The fourth-order valence-electron chi connectivity index (χ4n) is 1.24. The molecule has 3 nitrogen and oxygen atoms in total. The second-order valence-electron chi connectivity index (χ2n) is 3.56. The molecule has 0 aliphatic rings. The molecule has 0 radical (unpaired) electrons. The van der Waals surface area contributed by atoms with Crippen molar-refractivity contribution < 1.29 is 17.9 Å². The molecule has 17 heavy (non-hydrogen) atoms. The fourth-order valence-corrected chi connectivity index (χ4v) is 1.24. The Balaban J connectivity index is 2.68. The Kier molecular flexibility index (Phi) is 4.10. The van der Waals surface area contributed by atoms with E-state index < -0.39 is 24.9 Å². The first-order chi connectivity index (χ1) is 7.87. The van der Waals surface area contributed by atoms with Crippen LogP contribution in [0.15, 0.2) is 30.3 Å². The average molecular weight is 244 g/mol. The molecule has 0 heterocycles. The van der Waals surface area contributed by atoms with E-state index in [1.165, 1.54) is 0 Å². The monoisotopic (exact) mass is 244 g/mol. The van der Waals surface area contributed by atoms with E-state index in [2.05, 4.69) is 4.74 Å². The number of nitrogens with two attached hydrogens (primary N) is 1. The SMILES string of the molecule is N#CC(N)(COCC(F)(F)F)c1ccccc1. The highest BCUT2D eigenvalue weighted by molar-refractivity contribution is 5.30. The molecule has 1 unspecified atom stereocenters. The van der Waals surface area contributed by atoms with Gasteiger partial charge < -0.3 is 10.5 Å². The van der Waals surface area contributed by atoms with Crippen molar-refractivity contribution in [3.63, 3.8) is 0 Å². The van der Waals surface area contributed by atoms with Gasteiger partial charge in [-0.15, -0.1) is 0 Å². The number of nitriles is 1. The zero-order chi connectivity index (χ0) is 12.9. The van der Waals surface area contributed by atoms with Gasteiger partial charge in [0.1, 0.15) is 6.61 Å². The van der Waals surface area contributed by atoms with Crippen molar-refractivity contribution in [2.45, 2.75) is 11.7 Å². The zero-order valence-electron chi connectivity index (χ0n) is 8.87. The maximum absolute atomic E-state index is 11.9. The summed E-state index contributed by atoms with van der Waals surface area (Å²) >= 11 is 0. The van der Waals surface area contributed by atoms with Gasteiger partial charge in [0.15, 0.2) is 5.54 Å². The van der Waals surface area contributed by atoms with E-state index in [9.17, 15) is 13.2 Å². The maximum Gasteiger partial charge on any atom is 0.411 e. The summed E-state index contributed by atoms with van der Waals surface area (Å²) in [6.07, 6.45) is -4.42. The highest BCUT2D eigenvalue weighted by Crippen LogP contribution is 2.20. The summed E-state index contributed by atoms with van der Waals surface area (Å²) in [4.78, 5) is 0. The molecule has 0 aliphatic heterocycles. The Bertz CT molecular complexity index is 399. The van der Waals surface area contributed by atoms with Crippen LogP contribution in [-0.2, 0) is 10.3 Å². The molecule has 0 bridgehead atoms. The third-order valence-electron chi connectivity index (χ3n) is 2.08. The lowest BCUT2D eigenvalue weighted by Crippen LogP contribution is -2.41. The van der Waals surface area contributed by atoms with Crippen LogP contribution in [0.2, 0.25) is 0 Å². The molecule has 1 aromatic carbocycles. The van der Waals surface area contributed by atoms with Gasteiger partial charge in [0.05, 0.1) is 12.7 Å². The van der Waals surface area contributed by atoms with Crippen molar-refractivity contribution >= 4 is 0 Å². The van der Waals surface area contributed by atoms with E-state index in [1.54, 1.807) is 36.4 Å². The van der Waals surface area contributed by atoms with Gasteiger partial charge in [-0.25, -0.2) is 0 Å². The summed E-state index contributed by atoms with van der Waals surface area (Å²) in [5, 5.41) is 8.93. The molecule has 6 heteroatoms.